The molecule has 0 amide bonds. The van der Waals surface area contributed by atoms with Crippen LogP contribution in [-0.2, 0) is 23.8 Å². The second kappa shape index (κ2) is 32.5. The SMILES string of the molecule is CCCCCCCCCCCCCCOC(=O)CC[N+](C)(CCC[N+]1(C)CCOCC1)CCC(=O)OCCCCCCCCCCCCCC. The smallest absolute Gasteiger partial charge is 0.311 e. The van der Waals surface area contributed by atoms with Gasteiger partial charge < -0.3 is 23.2 Å². The average Bonchev–Trinajstić information content (AvgIpc) is 3.11. The fourth-order valence-corrected chi connectivity index (χ4v) is 7.30. The molecule has 0 atom stereocenters. The molecule has 0 aliphatic carbocycles. The second-order valence-corrected chi connectivity index (χ2v) is 16.3. The van der Waals surface area contributed by atoms with E-state index in [1.807, 2.05) is 0 Å². The Morgan fingerprint density at radius 3 is 1.22 bits per heavy atom. The first kappa shape index (κ1) is 46.8. The molecule has 0 aromatic heterocycles. The topological polar surface area (TPSA) is 61.8 Å². The molecule has 1 aliphatic heterocycles. The molecule has 0 unspecified atom stereocenters. The van der Waals surface area contributed by atoms with E-state index < -0.39 is 0 Å². The summed E-state index contributed by atoms with van der Waals surface area (Å²) in [6, 6.07) is 0. The first-order valence-corrected chi connectivity index (χ1v) is 21.9. The Kier molecular flexibility index (Phi) is 30.4. The number of ether oxygens (including phenoxy) is 3. The van der Waals surface area contributed by atoms with Crippen LogP contribution in [0.4, 0.5) is 0 Å². The van der Waals surface area contributed by atoms with Crippen LogP contribution in [0.3, 0.4) is 0 Å². The van der Waals surface area contributed by atoms with Gasteiger partial charge in [-0.15, -0.1) is 0 Å². The zero-order valence-electron chi connectivity index (χ0n) is 34.1. The van der Waals surface area contributed by atoms with Crippen LogP contribution in [0.2, 0.25) is 0 Å². The number of unbranched alkanes of at least 4 members (excludes halogenated alkanes) is 22. The Morgan fingerprint density at radius 1 is 0.520 bits per heavy atom. The predicted molar refractivity (Wildman–Crippen MR) is 210 cm³/mol. The quantitative estimate of drug-likeness (QED) is 0.0368. The van der Waals surface area contributed by atoms with Crippen molar-refractivity contribution in [1.82, 2.24) is 0 Å². The van der Waals surface area contributed by atoms with Crippen molar-refractivity contribution in [2.45, 2.75) is 187 Å². The van der Waals surface area contributed by atoms with Crippen molar-refractivity contribution in [3.63, 3.8) is 0 Å². The maximum absolute atomic E-state index is 12.7. The largest absolute Gasteiger partial charge is 0.466 e. The Morgan fingerprint density at radius 2 is 0.860 bits per heavy atom. The number of hydrogen-bond donors (Lipinski definition) is 0. The summed E-state index contributed by atoms with van der Waals surface area (Å²) < 4.78 is 18.6. The third kappa shape index (κ3) is 28.4. The highest BCUT2D eigenvalue weighted by atomic mass is 16.5. The van der Waals surface area contributed by atoms with Crippen LogP contribution >= 0.6 is 0 Å². The lowest BCUT2D eigenvalue weighted by Crippen LogP contribution is -2.54. The minimum Gasteiger partial charge on any atom is -0.466 e. The van der Waals surface area contributed by atoms with E-state index in [9.17, 15) is 9.59 Å². The van der Waals surface area contributed by atoms with Crippen molar-refractivity contribution < 1.29 is 32.8 Å². The Labute approximate surface area is 311 Å². The highest BCUT2D eigenvalue weighted by molar-refractivity contribution is 5.70. The number of carbonyl (C=O) groups excluding carboxylic acids is 2. The molecule has 296 valence electrons. The fourth-order valence-electron chi connectivity index (χ4n) is 7.30. The molecule has 0 aromatic carbocycles. The minimum atomic E-state index is -0.0980. The zero-order valence-corrected chi connectivity index (χ0v) is 34.1. The molecule has 1 aliphatic rings. The molecule has 1 heterocycles. The molecule has 0 bridgehead atoms. The zero-order chi connectivity index (χ0) is 36.4. The summed E-state index contributed by atoms with van der Waals surface area (Å²) in [5.41, 5.74) is 0. The fraction of sp³-hybridized carbons (Fsp3) is 0.953. The summed E-state index contributed by atoms with van der Waals surface area (Å²) in [5.74, 6) is -0.196. The average molecular weight is 711 g/mol. The monoisotopic (exact) mass is 711 g/mol. The van der Waals surface area contributed by atoms with E-state index in [0.717, 1.165) is 76.0 Å². The summed E-state index contributed by atoms with van der Waals surface area (Å²) in [6.07, 6.45) is 33.1. The molecule has 0 saturated carbocycles. The molecule has 0 aromatic rings. The molecule has 0 N–H and O–H groups in total. The van der Waals surface area contributed by atoms with Gasteiger partial charge in [-0.25, -0.2) is 0 Å². The van der Waals surface area contributed by atoms with Crippen molar-refractivity contribution >= 4 is 11.9 Å². The molecule has 7 heteroatoms. The Bertz CT molecular complexity index is 739. The minimum absolute atomic E-state index is 0.0980. The van der Waals surface area contributed by atoms with Crippen LogP contribution in [0.1, 0.15) is 187 Å². The van der Waals surface area contributed by atoms with Gasteiger partial charge in [0.2, 0.25) is 0 Å². The van der Waals surface area contributed by atoms with Crippen molar-refractivity contribution in [2.24, 2.45) is 0 Å². The van der Waals surface area contributed by atoms with Gasteiger partial charge in [0.05, 0.1) is 79.5 Å². The van der Waals surface area contributed by atoms with Gasteiger partial charge in [0.15, 0.2) is 0 Å². The van der Waals surface area contributed by atoms with Crippen molar-refractivity contribution in [3.05, 3.63) is 0 Å². The first-order valence-electron chi connectivity index (χ1n) is 21.9. The van der Waals surface area contributed by atoms with Gasteiger partial charge >= 0.3 is 11.9 Å². The Balaban J connectivity index is 2.26. The lowest BCUT2D eigenvalue weighted by Gasteiger charge is -2.39. The third-order valence-corrected chi connectivity index (χ3v) is 11.2. The van der Waals surface area contributed by atoms with Gasteiger partial charge in [-0.2, -0.15) is 0 Å². The van der Waals surface area contributed by atoms with Crippen LogP contribution in [-0.4, -0.2) is 101 Å². The van der Waals surface area contributed by atoms with Gasteiger partial charge in [-0.05, 0) is 12.8 Å². The molecule has 1 saturated heterocycles. The van der Waals surface area contributed by atoms with Crippen molar-refractivity contribution in [3.8, 4) is 0 Å². The van der Waals surface area contributed by atoms with E-state index in [-0.39, 0.29) is 11.9 Å². The van der Waals surface area contributed by atoms with Crippen LogP contribution in [0.25, 0.3) is 0 Å². The van der Waals surface area contributed by atoms with E-state index in [2.05, 4.69) is 27.9 Å². The second-order valence-electron chi connectivity index (χ2n) is 16.3. The maximum Gasteiger partial charge on any atom is 0.311 e. The molecule has 1 fully saturated rings. The maximum atomic E-state index is 12.7. The third-order valence-electron chi connectivity index (χ3n) is 11.2. The van der Waals surface area contributed by atoms with E-state index >= 15 is 0 Å². The summed E-state index contributed by atoms with van der Waals surface area (Å²) in [6.45, 7) is 12.8. The lowest BCUT2D eigenvalue weighted by atomic mass is 10.1. The highest BCUT2D eigenvalue weighted by Crippen LogP contribution is 2.16. The number of nitrogens with zero attached hydrogens (tertiary/aromatic N) is 2. The van der Waals surface area contributed by atoms with Crippen LogP contribution in [0, 0.1) is 0 Å². The van der Waals surface area contributed by atoms with Gasteiger partial charge in [0, 0.05) is 6.42 Å². The molecule has 50 heavy (non-hydrogen) atoms. The summed E-state index contributed by atoms with van der Waals surface area (Å²) in [5, 5.41) is 0. The molecule has 0 radical (unpaired) electrons. The number of morpholine rings is 1. The van der Waals surface area contributed by atoms with Crippen LogP contribution in [0.15, 0.2) is 0 Å². The summed E-state index contributed by atoms with van der Waals surface area (Å²) in [7, 11) is 4.53. The van der Waals surface area contributed by atoms with E-state index in [1.54, 1.807) is 0 Å². The van der Waals surface area contributed by atoms with Gasteiger partial charge in [0.1, 0.15) is 13.1 Å². The number of hydrogen-bond acceptors (Lipinski definition) is 5. The van der Waals surface area contributed by atoms with Crippen molar-refractivity contribution in [1.29, 1.82) is 0 Å². The number of likely N-dealkylation sites (N-methyl/N-ethyl adjacent to an activating group) is 1. The number of carbonyl (C=O) groups is 2. The molecular formula is C43H86N2O5+2. The van der Waals surface area contributed by atoms with E-state index in [0.29, 0.717) is 43.6 Å². The van der Waals surface area contributed by atoms with Crippen molar-refractivity contribution in [2.75, 3.05) is 79.8 Å². The highest BCUT2D eigenvalue weighted by Gasteiger charge is 2.29. The van der Waals surface area contributed by atoms with Crippen LogP contribution < -0.4 is 0 Å². The Hall–Kier alpha value is -1.18. The number of esters is 2. The number of rotatable bonds is 36. The van der Waals surface area contributed by atoms with E-state index in [4.69, 9.17) is 14.2 Å². The number of quaternary nitrogens is 2. The standard InChI is InChI=1S/C43H86N2O5/c1-5-7-9-11-13-15-17-19-21-23-25-27-38-49-42(46)30-34-44(3,32-29-33-45(4)36-40-48-41-37-45)35-31-43(47)50-39-28-26-24-22-20-18-16-14-12-10-8-6-2/h5-41H2,1-4H3/q+2. The van der Waals surface area contributed by atoms with Gasteiger partial charge in [-0.3, -0.25) is 9.59 Å². The summed E-state index contributed by atoms with van der Waals surface area (Å²) >= 11 is 0. The van der Waals surface area contributed by atoms with Crippen LogP contribution in [0.5, 0.6) is 0 Å². The van der Waals surface area contributed by atoms with Gasteiger partial charge in [-0.1, -0.05) is 155 Å². The van der Waals surface area contributed by atoms with E-state index in [1.165, 1.54) is 128 Å². The van der Waals surface area contributed by atoms with Gasteiger partial charge in [0.25, 0.3) is 0 Å². The normalized spacial score (nSPS) is 14.6. The first-order chi connectivity index (χ1) is 24.3. The molecule has 7 nitrogen and oxygen atoms in total. The molecule has 1 rings (SSSR count). The predicted octanol–water partition coefficient (Wildman–Crippen LogP) is 10.6. The lowest BCUT2D eigenvalue weighted by molar-refractivity contribution is -0.931. The molecular weight excluding hydrogens is 624 g/mol. The molecule has 0 spiro atoms. The summed E-state index contributed by atoms with van der Waals surface area (Å²) in [4.78, 5) is 25.4.